The van der Waals surface area contributed by atoms with Gasteiger partial charge in [-0.05, 0) is 13.8 Å². The second kappa shape index (κ2) is 2.11. The maximum absolute atomic E-state index is 10.4. The molecule has 54 valence electrons. The monoisotopic (exact) mass is 150 g/mol. The normalized spacial score (nSPS) is 13.2. The first-order valence-corrected chi connectivity index (χ1v) is 3.86. The molecule has 0 aromatic heterocycles. The minimum atomic E-state index is -3.97. The highest BCUT2D eigenvalue weighted by Gasteiger charge is 2.28. The van der Waals surface area contributed by atoms with Crippen LogP contribution in [0, 0.1) is 0 Å². The van der Waals surface area contributed by atoms with E-state index in [9.17, 15) is 8.42 Å². The molecular formula is C5H10O3S. The van der Waals surface area contributed by atoms with Crippen LogP contribution in [-0.4, -0.2) is 17.7 Å². The fraction of sp³-hybridized carbons (Fsp3) is 0.600. The Morgan fingerprint density at radius 3 is 1.89 bits per heavy atom. The second-order valence-corrected chi connectivity index (χ2v) is 4.28. The van der Waals surface area contributed by atoms with Crippen molar-refractivity contribution in [3.8, 4) is 0 Å². The molecule has 0 saturated heterocycles. The van der Waals surface area contributed by atoms with E-state index in [0.29, 0.717) is 0 Å². The third kappa shape index (κ3) is 1.80. The van der Waals surface area contributed by atoms with Gasteiger partial charge in [0.25, 0.3) is 10.1 Å². The molecule has 0 rings (SSSR count). The van der Waals surface area contributed by atoms with Crippen LogP contribution in [0.2, 0.25) is 0 Å². The molecule has 0 radical (unpaired) electrons. The molecule has 0 unspecified atom stereocenters. The lowest BCUT2D eigenvalue weighted by Gasteiger charge is -2.13. The third-order valence-corrected chi connectivity index (χ3v) is 2.65. The van der Waals surface area contributed by atoms with Crippen molar-refractivity contribution >= 4 is 10.1 Å². The fourth-order valence-electron chi connectivity index (χ4n) is 0.105. The molecule has 0 aliphatic carbocycles. The van der Waals surface area contributed by atoms with Crippen molar-refractivity contribution in [1.29, 1.82) is 0 Å². The van der Waals surface area contributed by atoms with Gasteiger partial charge < -0.3 is 0 Å². The minimum absolute atomic E-state index is 1.18. The molecule has 0 spiro atoms. The zero-order valence-corrected chi connectivity index (χ0v) is 6.27. The van der Waals surface area contributed by atoms with Gasteiger partial charge in [-0.15, -0.1) is 6.58 Å². The number of hydrogen-bond acceptors (Lipinski definition) is 2. The van der Waals surface area contributed by atoms with E-state index in [-0.39, 0.29) is 0 Å². The molecule has 0 fully saturated rings. The van der Waals surface area contributed by atoms with Crippen molar-refractivity contribution in [2.24, 2.45) is 0 Å². The maximum Gasteiger partial charge on any atom is 0.273 e. The van der Waals surface area contributed by atoms with Gasteiger partial charge in [-0.25, -0.2) is 0 Å². The third-order valence-electron chi connectivity index (χ3n) is 1.16. The Bertz CT molecular complexity index is 200. The summed E-state index contributed by atoms with van der Waals surface area (Å²) in [7, 11) is -3.97. The average molecular weight is 150 g/mol. The van der Waals surface area contributed by atoms with Gasteiger partial charge in [-0.3, -0.25) is 4.55 Å². The van der Waals surface area contributed by atoms with Crippen molar-refractivity contribution < 1.29 is 13.0 Å². The summed E-state index contributed by atoms with van der Waals surface area (Å²) in [6, 6.07) is 0. The quantitative estimate of drug-likeness (QED) is 0.468. The van der Waals surface area contributed by atoms with Crippen molar-refractivity contribution in [1.82, 2.24) is 0 Å². The summed E-state index contributed by atoms with van der Waals surface area (Å²) in [4.78, 5) is 0. The Hall–Kier alpha value is -0.350. The van der Waals surface area contributed by atoms with Crippen LogP contribution in [-0.2, 0) is 10.1 Å². The van der Waals surface area contributed by atoms with Gasteiger partial charge in [0.15, 0.2) is 0 Å². The minimum Gasteiger partial charge on any atom is -0.285 e. The van der Waals surface area contributed by atoms with E-state index < -0.39 is 14.9 Å². The highest BCUT2D eigenvalue weighted by molar-refractivity contribution is 7.87. The van der Waals surface area contributed by atoms with Crippen LogP contribution in [0.5, 0.6) is 0 Å². The summed E-state index contributed by atoms with van der Waals surface area (Å²) in [6.07, 6.45) is 1.18. The Morgan fingerprint density at radius 1 is 1.56 bits per heavy atom. The van der Waals surface area contributed by atoms with Crippen LogP contribution in [0.4, 0.5) is 0 Å². The van der Waals surface area contributed by atoms with Crippen LogP contribution in [0.1, 0.15) is 13.8 Å². The van der Waals surface area contributed by atoms with Crippen LogP contribution in [0.25, 0.3) is 0 Å². The fourth-order valence-corrected chi connectivity index (χ4v) is 0.316. The van der Waals surface area contributed by atoms with Crippen molar-refractivity contribution in [2.45, 2.75) is 18.6 Å². The molecule has 4 heteroatoms. The number of rotatable bonds is 2. The summed E-state index contributed by atoms with van der Waals surface area (Å²) in [5.74, 6) is 0. The highest BCUT2D eigenvalue weighted by Crippen LogP contribution is 2.14. The van der Waals surface area contributed by atoms with Crippen LogP contribution in [0.15, 0.2) is 12.7 Å². The van der Waals surface area contributed by atoms with E-state index >= 15 is 0 Å². The van der Waals surface area contributed by atoms with Crippen molar-refractivity contribution in [3.63, 3.8) is 0 Å². The smallest absolute Gasteiger partial charge is 0.273 e. The summed E-state index contributed by atoms with van der Waals surface area (Å²) in [5, 5.41) is 0. The summed E-state index contributed by atoms with van der Waals surface area (Å²) in [6.45, 7) is 6.00. The van der Waals surface area contributed by atoms with Gasteiger partial charge in [0.2, 0.25) is 0 Å². The molecule has 0 heterocycles. The largest absolute Gasteiger partial charge is 0.285 e. The average Bonchev–Trinajstić information content (AvgIpc) is 1.64. The molecule has 0 aliphatic rings. The first-order chi connectivity index (χ1) is 3.81. The van der Waals surface area contributed by atoms with Gasteiger partial charge in [-0.1, -0.05) is 6.08 Å². The molecule has 3 nitrogen and oxygen atoms in total. The van der Waals surface area contributed by atoms with Crippen LogP contribution >= 0.6 is 0 Å². The maximum atomic E-state index is 10.4. The first kappa shape index (κ1) is 8.65. The van der Waals surface area contributed by atoms with Crippen molar-refractivity contribution in [2.75, 3.05) is 0 Å². The summed E-state index contributed by atoms with van der Waals surface area (Å²) >= 11 is 0. The molecule has 0 bridgehead atoms. The standard InChI is InChI=1S/C5H10O3S/c1-4-5(2,3)9(6,7)8/h4H,1H2,2-3H3,(H,6,7,8). The Morgan fingerprint density at radius 2 is 1.89 bits per heavy atom. The van der Waals surface area contributed by atoms with E-state index in [4.69, 9.17) is 4.55 Å². The molecule has 0 aliphatic heterocycles. The Balaban J connectivity index is 4.77. The van der Waals surface area contributed by atoms with E-state index in [1.807, 2.05) is 0 Å². The SMILES string of the molecule is C=CC(C)(C)S(=O)(=O)O. The molecule has 1 N–H and O–H groups in total. The van der Waals surface area contributed by atoms with Crippen LogP contribution < -0.4 is 0 Å². The molecule has 9 heavy (non-hydrogen) atoms. The molecule has 0 aromatic carbocycles. The van der Waals surface area contributed by atoms with E-state index in [1.165, 1.54) is 19.9 Å². The van der Waals surface area contributed by atoms with Gasteiger partial charge in [0.1, 0.15) is 4.75 Å². The molecule has 0 amide bonds. The number of hydrogen-bond donors (Lipinski definition) is 1. The van der Waals surface area contributed by atoms with Gasteiger partial charge >= 0.3 is 0 Å². The van der Waals surface area contributed by atoms with Gasteiger partial charge in [0.05, 0.1) is 0 Å². The lowest BCUT2D eigenvalue weighted by atomic mass is 10.2. The first-order valence-electron chi connectivity index (χ1n) is 2.42. The Labute approximate surface area is 55.1 Å². The zero-order chi connectivity index (χ0) is 7.71. The Kier molecular flexibility index (Phi) is 2.03. The van der Waals surface area contributed by atoms with Gasteiger partial charge in [-0.2, -0.15) is 8.42 Å². The summed E-state index contributed by atoms with van der Waals surface area (Å²) < 4.78 is 28.0. The molecule has 0 atom stereocenters. The van der Waals surface area contributed by atoms with Crippen molar-refractivity contribution in [3.05, 3.63) is 12.7 Å². The predicted octanol–water partition coefficient (Wildman–Crippen LogP) is 0.839. The van der Waals surface area contributed by atoms with Crippen LogP contribution in [0.3, 0.4) is 0 Å². The zero-order valence-electron chi connectivity index (χ0n) is 5.46. The molecular weight excluding hydrogens is 140 g/mol. The topological polar surface area (TPSA) is 54.4 Å². The van der Waals surface area contributed by atoms with E-state index in [0.717, 1.165) is 0 Å². The van der Waals surface area contributed by atoms with E-state index in [1.54, 1.807) is 0 Å². The lowest BCUT2D eigenvalue weighted by molar-refractivity contribution is 0.459. The van der Waals surface area contributed by atoms with Gasteiger partial charge in [0, 0.05) is 0 Å². The summed E-state index contributed by atoms with van der Waals surface area (Å²) in [5.41, 5.74) is 0. The molecule has 0 aromatic rings. The highest BCUT2D eigenvalue weighted by atomic mass is 32.2. The van der Waals surface area contributed by atoms with E-state index in [2.05, 4.69) is 6.58 Å². The molecule has 0 saturated carbocycles. The predicted molar refractivity (Wildman–Crippen MR) is 35.8 cm³/mol. The second-order valence-electron chi connectivity index (χ2n) is 2.28. The lowest BCUT2D eigenvalue weighted by Crippen LogP contribution is -2.28.